The van der Waals surface area contributed by atoms with Gasteiger partial charge in [-0.15, -0.1) is 13.2 Å². The lowest BCUT2D eigenvalue weighted by Gasteiger charge is -2.37. The van der Waals surface area contributed by atoms with Gasteiger partial charge in [0.1, 0.15) is 0 Å². The SMILES string of the molecule is C=CCN(CC=C)CC[N+](CC=C)(CC=C)CC=C. The highest BCUT2D eigenvalue weighted by Gasteiger charge is 2.23. The lowest BCUT2D eigenvalue weighted by molar-refractivity contribution is -0.911. The van der Waals surface area contributed by atoms with Crippen LogP contribution in [0.1, 0.15) is 0 Å². The van der Waals surface area contributed by atoms with E-state index in [4.69, 9.17) is 0 Å². The van der Waals surface area contributed by atoms with E-state index in [2.05, 4.69) is 37.8 Å². The maximum absolute atomic E-state index is 3.88. The molecular weight excluding hydrogens is 232 g/mol. The Bertz CT molecular complexity index is 268. The van der Waals surface area contributed by atoms with E-state index in [0.717, 1.165) is 50.3 Å². The molecule has 0 aromatic rings. The van der Waals surface area contributed by atoms with Crippen LogP contribution in [0.3, 0.4) is 0 Å². The van der Waals surface area contributed by atoms with E-state index in [0.29, 0.717) is 0 Å². The quantitative estimate of drug-likeness (QED) is 0.364. The van der Waals surface area contributed by atoms with Crippen molar-refractivity contribution in [3.05, 3.63) is 63.3 Å². The number of rotatable bonds is 13. The predicted octanol–water partition coefficient (Wildman–Crippen LogP) is 3.04. The van der Waals surface area contributed by atoms with E-state index >= 15 is 0 Å². The first-order valence-electron chi connectivity index (χ1n) is 6.80. The van der Waals surface area contributed by atoms with Crippen LogP contribution in [-0.2, 0) is 0 Å². The highest BCUT2D eigenvalue weighted by atomic mass is 15.4. The number of hydrogen-bond acceptors (Lipinski definition) is 1. The van der Waals surface area contributed by atoms with Crippen molar-refractivity contribution >= 4 is 0 Å². The van der Waals surface area contributed by atoms with Crippen molar-refractivity contribution in [2.45, 2.75) is 0 Å². The van der Waals surface area contributed by atoms with Crippen LogP contribution in [0.15, 0.2) is 63.3 Å². The van der Waals surface area contributed by atoms with E-state index in [1.165, 1.54) is 0 Å². The molecule has 0 saturated heterocycles. The lowest BCUT2D eigenvalue weighted by atomic mass is 10.2. The number of nitrogens with zero attached hydrogens (tertiary/aromatic N) is 2. The van der Waals surface area contributed by atoms with Gasteiger partial charge in [-0.2, -0.15) is 0 Å². The predicted molar refractivity (Wildman–Crippen MR) is 87.2 cm³/mol. The maximum atomic E-state index is 3.88. The molecule has 0 aliphatic heterocycles. The van der Waals surface area contributed by atoms with Crippen LogP contribution in [-0.4, -0.2) is 55.2 Å². The normalized spacial score (nSPS) is 11.0. The van der Waals surface area contributed by atoms with Gasteiger partial charge in [-0.25, -0.2) is 0 Å². The molecule has 0 N–H and O–H groups in total. The highest BCUT2D eigenvalue weighted by Crippen LogP contribution is 2.09. The van der Waals surface area contributed by atoms with E-state index < -0.39 is 0 Å². The lowest BCUT2D eigenvalue weighted by Crippen LogP contribution is -2.52. The van der Waals surface area contributed by atoms with Crippen LogP contribution in [0, 0.1) is 0 Å². The van der Waals surface area contributed by atoms with E-state index in [9.17, 15) is 0 Å². The summed E-state index contributed by atoms with van der Waals surface area (Å²) in [4.78, 5) is 2.34. The van der Waals surface area contributed by atoms with Crippen LogP contribution in [0.2, 0.25) is 0 Å². The molecule has 2 nitrogen and oxygen atoms in total. The molecule has 106 valence electrons. The van der Waals surface area contributed by atoms with Gasteiger partial charge in [0.15, 0.2) is 0 Å². The fourth-order valence-electron chi connectivity index (χ4n) is 2.29. The Kier molecular flexibility index (Phi) is 9.77. The Balaban J connectivity index is 4.70. The summed E-state index contributed by atoms with van der Waals surface area (Å²) in [6.45, 7) is 25.9. The number of quaternary nitrogens is 1. The molecule has 0 radical (unpaired) electrons. The van der Waals surface area contributed by atoms with E-state index in [1.54, 1.807) is 0 Å². The molecule has 0 bridgehead atoms. The first-order valence-corrected chi connectivity index (χ1v) is 6.80. The molecule has 0 amide bonds. The van der Waals surface area contributed by atoms with Crippen molar-refractivity contribution < 1.29 is 4.48 Å². The van der Waals surface area contributed by atoms with Crippen LogP contribution >= 0.6 is 0 Å². The Morgan fingerprint density at radius 3 is 1.42 bits per heavy atom. The molecule has 0 saturated carbocycles. The van der Waals surface area contributed by atoms with Crippen molar-refractivity contribution in [2.24, 2.45) is 0 Å². The largest absolute Gasteiger partial charge is 0.313 e. The smallest absolute Gasteiger partial charge is 0.0976 e. The standard InChI is InChI=1S/C17H29N2/c1-6-11-18(12-7-2)13-17-19(14-8-3,15-9-4)16-10-5/h6-10H,1-5,11-17H2/q+1. The van der Waals surface area contributed by atoms with Crippen LogP contribution in [0.4, 0.5) is 0 Å². The van der Waals surface area contributed by atoms with E-state index in [1.807, 2.05) is 30.4 Å². The molecule has 19 heavy (non-hydrogen) atoms. The van der Waals surface area contributed by atoms with Gasteiger partial charge in [0.25, 0.3) is 0 Å². The second kappa shape index (κ2) is 10.5. The van der Waals surface area contributed by atoms with Crippen molar-refractivity contribution in [1.29, 1.82) is 0 Å². The van der Waals surface area contributed by atoms with Gasteiger partial charge in [0, 0.05) is 19.6 Å². The van der Waals surface area contributed by atoms with Gasteiger partial charge in [-0.1, -0.05) is 31.9 Å². The average Bonchev–Trinajstić information content (AvgIpc) is 2.37. The van der Waals surface area contributed by atoms with Gasteiger partial charge >= 0.3 is 0 Å². The van der Waals surface area contributed by atoms with Crippen molar-refractivity contribution in [2.75, 3.05) is 45.8 Å². The minimum atomic E-state index is 0.891. The molecular formula is C17H29N2+. The molecule has 0 fully saturated rings. The maximum Gasteiger partial charge on any atom is 0.0976 e. The molecule has 0 aliphatic carbocycles. The summed E-state index contributed by atoms with van der Waals surface area (Å²) >= 11 is 0. The zero-order valence-electron chi connectivity index (χ0n) is 12.3. The summed E-state index contributed by atoms with van der Waals surface area (Å²) in [5.74, 6) is 0. The fraction of sp³-hybridized carbons (Fsp3) is 0.412. The summed E-state index contributed by atoms with van der Waals surface area (Å²) in [5, 5.41) is 0. The topological polar surface area (TPSA) is 3.24 Å². The monoisotopic (exact) mass is 261 g/mol. The van der Waals surface area contributed by atoms with Crippen LogP contribution in [0.25, 0.3) is 0 Å². The first-order chi connectivity index (χ1) is 9.17. The minimum absolute atomic E-state index is 0.891. The zero-order valence-corrected chi connectivity index (χ0v) is 12.3. The summed E-state index contributed by atoms with van der Waals surface area (Å²) < 4.78 is 0.932. The second-order valence-corrected chi connectivity index (χ2v) is 4.82. The summed E-state index contributed by atoms with van der Waals surface area (Å²) in [5.41, 5.74) is 0. The molecule has 0 unspecified atom stereocenters. The van der Waals surface area contributed by atoms with Crippen LogP contribution in [0.5, 0.6) is 0 Å². The molecule has 0 heterocycles. The third-order valence-corrected chi connectivity index (χ3v) is 3.21. The Hall–Kier alpha value is -1.38. The van der Waals surface area contributed by atoms with Gasteiger partial charge in [-0.3, -0.25) is 4.90 Å². The summed E-state index contributed by atoms with van der Waals surface area (Å²) in [7, 11) is 0. The molecule has 0 rings (SSSR count). The van der Waals surface area contributed by atoms with Crippen molar-refractivity contribution in [1.82, 2.24) is 4.90 Å². The minimum Gasteiger partial charge on any atom is -0.313 e. The molecule has 0 atom stereocenters. The highest BCUT2D eigenvalue weighted by molar-refractivity contribution is 4.81. The number of hydrogen-bond donors (Lipinski definition) is 0. The average molecular weight is 261 g/mol. The van der Waals surface area contributed by atoms with Crippen molar-refractivity contribution in [3.63, 3.8) is 0 Å². The molecule has 0 aromatic carbocycles. The van der Waals surface area contributed by atoms with Gasteiger partial charge in [0.05, 0.1) is 26.2 Å². The van der Waals surface area contributed by atoms with Gasteiger partial charge < -0.3 is 4.48 Å². The second-order valence-electron chi connectivity index (χ2n) is 4.82. The molecule has 0 aromatic heterocycles. The van der Waals surface area contributed by atoms with Crippen molar-refractivity contribution in [3.8, 4) is 0 Å². The first kappa shape index (κ1) is 17.6. The zero-order chi connectivity index (χ0) is 14.6. The molecule has 2 heteroatoms. The Labute approximate surface area is 119 Å². The summed E-state index contributed by atoms with van der Waals surface area (Å²) in [6.07, 6.45) is 9.83. The molecule has 0 spiro atoms. The third kappa shape index (κ3) is 6.94. The summed E-state index contributed by atoms with van der Waals surface area (Å²) in [6, 6.07) is 0. The fourth-order valence-corrected chi connectivity index (χ4v) is 2.29. The third-order valence-electron chi connectivity index (χ3n) is 3.21. The Morgan fingerprint density at radius 2 is 1.11 bits per heavy atom. The Morgan fingerprint density at radius 1 is 0.684 bits per heavy atom. The van der Waals surface area contributed by atoms with Crippen LogP contribution < -0.4 is 0 Å². The van der Waals surface area contributed by atoms with Gasteiger partial charge in [-0.05, 0) is 18.2 Å². The molecule has 0 aliphatic rings. The van der Waals surface area contributed by atoms with E-state index in [-0.39, 0.29) is 0 Å². The van der Waals surface area contributed by atoms with Gasteiger partial charge in [0.2, 0.25) is 0 Å².